The largest absolute Gasteiger partial charge is 0.469 e. The Bertz CT molecular complexity index is 1000. The van der Waals surface area contributed by atoms with E-state index in [0.29, 0.717) is 39.6 Å². The third-order valence-corrected chi connectivity index (χ3v) is 4.74. The summed E-state index contributed by atoms with van der Waals surface area (Å²) >= 11 is 12.4. The molecule has 2 heterocycles. The zero-order valence-corrected chi connectivity index (χ0v) is 17.1. The van der Waals surface area contributed by atoms with Gasteiger partial charge in [0, 0.05) is 39.1 Å². The Labute approximate surface area is 172 Å². The third-order valence-electron chi connectivity index (χ3n) is 4.04. The molecule has 2 aromatic heterocycles. The van der Waals surface area contributed by atoms with E-state index in [0.717, 1.165) is 5.56 Å². The van der Waals surface area contributed by atoms with Gasteiger partial charge in [-0.15, -0.1) is 5.10 Å². The van der Waals surface area contributed by atoms with Crippen molar-refractivity contribution in [1.82, 2.24) is 19.7 Å². The molecule has 0 bridgehead atoms. The Morgan fingerprint density at radius 3 is 2.50 bits per heavy atom. The van der Waals surface area contributed by atoms with Gasteiger partial charge in [-0.05, 0) is 26.0 Å². The number of rotatable bonds is 6. The lowest BCUT2D eigenvalue weighted by Gasteiger charge is -2.11. The van der Waals surface area contributed by atoms with Crippen LogP contribution in [0.5, 0.6) is 11.8 Å². The number of carbonyl (C=O) groups is 1. The quantitative estimate of drug-likeness (QED) is 0.557. The molecule has 9 heteroatoms. The first kappa shape index (κ1) is 20.1. The van der Waals surface area contributed by atoms with Crippen LogP contribution < -0.4 is 4.74 Å². The topological polar surface area (TPSA) is 79.1 Å². The maximum absolute atomic E-state index is 11.7. The third kappa shape index (κ3) is 4.61. The number of hydrogen-bond acceptors (Lipinski definition) is 6. The van der Waals surface area contributed by atoms with E-state index >= 15 is 0 Å². The first-order valence-corrected chi connectivity index (χ1v) is 9.18. The molecule has 3 rings (SSSR count). The van der Waals surface area contributed by atoms with Crippen LogP contribution in [0.15, 0.2) is 30.5 Å². The van der Waals surface area contributed by atoms with E-state index < -0.39 is 5.97 Å². The number of esters is 1. The molecule has 0 amide bonds. The lowest BCUT2D eigenvalue weighted by atomic mass is 10.1. The number of aryl methyl sites for hydroxylation is 2. The van der Waals surface area contributed by atoms with Crippen molar-refractivity contribution < 1.29 is 14.3 Å². The van der Waals surface area contributed by atoms with Crippen LogP contribution in [0.2, 0.25) is 10.0 Å². The second-order valence-electron chi connectivity index (χ2n) is 6.05. The van der Waals surface area contributed by atoms with Crippen LogP contribution >= 0.6 is 23.2 Å². The van der Waals surface area contributed by atoms with Gasteiger partial charge in [-0.1, -0.05) is 29.3 Å². The predicted molar refractivity (Wildman–Crippen MR) is 105 cm³/mol. The molecule has 0 unspecified atom stereocenters. The van der Waals surface area contributed by atoms with Gasteiger partial charge in [0.2, 0.25) is 11.8 Å². The van der Waals surface area contributed by atoms with Crippen molar-refractivity contribution in [3.8, 4) is 11.8 Å². The van der Waals surface area contributed by atoms with E-state index in [1.807, 2.05) is 0 Å². The van der Waals surface area contributed by atoms with Crippen molar-refractivity contribution in [2.45, 2.75) is 26.8 Å². The van der Waals surface area contributed by atoms with Gasteiger partial charge in [-0.2, -0.15) is 4.98 Å². The average Bonchev–Trinajstić information content (AvgIpc) is 3.08. The van der Waals surface area contributed by atoms with E-state index in [2.05, 4.69) is 15.1 Å². The fourth-order valence-electron chi connectivity index (χ4n) is 2.64. The van der Waals surface area contributed by atoms with Crippen LogP contribution in [-0.2, 0) is 22.5 Å². The number of halogens is 2. The van der Waals surface area contributed by atoms with Crippen molar-refractivity contribution in [1.29, 1.82) is 0 Å². The van der Waals surface area contributed by atoms with Gasteiger partial charge >= 0.3 is 5.97 Å². The molecule has 0 fully saturated rings. The van der Waals surface area contributed by atoms with E-state index in [9.17, 15) is 4.79 Å². The van der Waals surface area contributed by atoms with Crippen LogP contribution in [0.4, 0.5) is 0 Å². The molecule has 146 valence electrons. The van der Waals surface area contributed by atoms with Crippen molar-refractivity contribution in [3.05, 3.63) is 63.2 Å². The number of benzene rings is 1. The van der Waals surface area contributed by atoms with Gasteiger partial charge in [0.1, 0.15) is 5.82 Å². The average molecular weight is 421 g/mol. The Balaban J connectivity index is 1.84. The van der Waals surface area contributed by atoms with Crippen molar-refractivity contribution >= 4 is 29.2 Å². The molecule has 0 aliphatic rings. The molecule has 0 saturated carbocycles. The van der Waals surface area contributed by atoms with Crippen LogP contribution in [0.1, 0.15) is 22.6 Å². The lowest BCUT2D eigenvalue weighted by molar-refractivity contribution is -0.139. The second kappa shape index (κ2) is 8.58. The summed E-state index contributed by atoms with van der Waals surface area (Å²) in [7, 11) is 1.33. The fraction of sp³-hybridized carbons (Fsp3) is 0.263. The van der Waals surface area contributed by atoms with Gasteiger partial charge in [0.05, 0.1) is 20.1 Å². The lowest BCUT2D eigenvalue weighted by Crippen LogP contribution is -2.10. The monoisotopic (exact) mass is 420 g/mol. The van der Waals surface area contributed by atoms with Gasteiger partial charge in [0.25, 0.3) is 0 Å². The Kier molecular flexibility index (Phi) is 6.16. The fourth-order valence-corrected chi connectivity index (χ4v) is 3.16. The maximum Gasteiger partial charge on any atom is 0.310 e. The smallest absolute Gasteiger partial charge is 0.310 e. The van der Waals surface area contributed by atoms with Crippen molar-refractivity contribution in [2.75, 3.05) is 7.11 Å². The zero-order valence-electron chi connectivity index (χ0n) is 15.6. The Morgan fingerprint density at radius 1 is 1.11 bits per heavy atom. The van der Waals surface area contributed by atoms with Gasteiger partial charge in [0.15, 0.2) is 0 Å². The SMILES string of the molecule is COC(=O)Cc1c(C)nc(C)nc1Oc1ccn(Cc2c(Cl)cccc2Cl)n1. The molecule has 3 aromatic rings. The summed E-state index contributed by atoms with van der Waals surface area (Å²) in [5.41, 5.74) is 1.97. The van der Waals surface area contributed by atoms with E-state index in [1.54, 1.807) is 49.0 Å². The van der Waals surface area contributed by atoms with Crippen molar-refractivity contribution in [3.63, 3.8) is 0 Å². The molecule has 0 aliphatic heterocycles. The molecule has 1 aromatic carbocycles. The highest BCUT2D eigenvalue weighted by Crippen LogP contribution is 2.27. The van der Waals surface area contributed by atoms with Crippen LogP contribution in [-0.4, -0.2) is 32.8 Å². The first-order valence-electron chi connectivity index (χ1n) is 8.42. The summed E-state index contributed by atoms with van der Waals surface area (Å²) < 4.78 is 12.2. The molecule has 0 N–H and O–H groups in total. The normalized spacial score (nSPS) is 10.8. The molecule has 0 atom stereocenters. The van der Waals surface area contributed by atoms with Crippen LogP contribution in [0.25, 0.3) is 0 Å². The summed E-state index contributed by atoms with van der Waals surface area (Å²) in [5.74, 6) is 0.728. The van der Waals surface area contributed by atoms with Gasteiger partial charge in [-0.25, -0.2) is 4.98 Å². The Morgan fingerprint density at radius 2 is 1.82 bits per heavy atom. The van der Waals surface area contributed by atoms with Gasteiger partial charge < -0.3 is 9.47 Å². The summed E-state index contributed by atoms with van der Waals surface area (Å²) in [6, 6.07) is 7.03. The summed E-state index contributed by atoms with van der Waals surface area (Å²) in [5, 5.41) is 5.51. The second-order valence-corrected chi connectivity index (χ2v) is 6.86. The summed E-state index contributed by atoms with van der Waals surface area (Å²) in [6.45, 7) is 3.93. The molecule has 7 nitrogen and oxygen atoms in total. The number of aromatic nitrogens is 4. The number of methoxy groups -OCH3 is 1. The van der Waals surface area contributed by atoms with Crippen molar-refractivity contribution in [2.24, 2.45) is 0 Å². The van der Waals surface area contributed by atoms with E-state index in [4.69, 9.17) is 32.7 Å². The maximum atomic E-state index is 11.7. The molecule has 0 saturated heterocycles. The molecular formula is C19H18Cl2N4O3. The summed E-state index contributed by atoms with van der Waals surface area (Å²) in [4.78, 5) is 20.3. The number of carbonyl (C=O) groups excluding carboxylic acids is 1. The van der Waals surface area contributed by atoms with Crippen LogP contribution in [0.3, 0.4) is 0 Å². The molecule has 0 spiro atoms. The zero-order chi connectivity index (χ0) is 20.3. The van der Waals surface area contributed by atoms with E-state index in [1.165, 1.54) is 7.11 Å². The number of nitrogens with zero attached hydrogens (tertiary/aromatic N) is 4. The molecule has 0 aliphatic carbocycles. The highest BCUT2D eigenvalue weighted by molar-refractivity contribution is 6.35. The van der Waals surface area contributed by atoms with E-state index in [-0.39, 0.29) is 12.3 Å². The molecule has 28 heavy (non-hydrogen) atoms. The number of ether oxygens (including phenoxy) is 2. The highest BCUT2D eigenvalue weighted by Gasteiger charge is 2.17. The summed E-state index contributed by atoms with van der Waals surface area (Å²) in [6.07, 6.45) is 1.75. The highest BCUT2D eigenvalue weighted by atomic mass is 35.5. The Hall–Kier alpha value is -2.64. The standard InChI is InChI=1S/C19H18Cl2N4O3/c1-11-13(9-18(26)27-3)19(23-12(2)22-11)28-17-7-8-25(24-17)10-14-15(20)5-4-6-16(14)21/h4-8H,9-10H2,1-3H3. The first-order chi connectivity index (χ1) is 13.4. The van der Waals surface area contributed by atoms with Crippen LogP contribution in [0, 0.1) is 13.8 Å². The molecule has 0 radical (unpaired) electrons. The molecular weight excluding hydrogens is 403 g/mol. The predicted octanol–water partition coefficient (Wildman–Crippen LogP) is 4.15. The van der Waals surface area contributed by atoms with Gasteiger partial charge in [-0.3, -0.25) is 9.48 Å². The minimum atomic E-state index is -0.403. The number of hydrogen-bond donors (Lipinski definition) is 0. The minimum absolute atomic E-state index is 0.00782. The minimum Gasteiger partial charge on any atom is -0.469 e.